The summed E-state index contributed by atoms with van der Waals surface area (Å²) < 4.78 is 1.67. The zero-order valence-electron chi connectivity index (χ0n) is 9.84. The van der Waals surface area contributed by atoms with Crippen molar-refractivity contribution in [3.8, 4) is 11.4 Å². The van der Waals surface area contributed by atoms with Crippen molar-refractivity contribution in [2.75, 3.05) is 0 Å². The topological polar surface area (TPSA) is 89.6 Å². The lowest BCUT2D eigenvalue weighted by Gasteiger charge is -2.09. The number of nitrogens with two attached hydrogens (primary N) is 1. The Morgan fingerprint density at radius 3 is 2.94 bits per heavy atom. The molecule has 1 unspecified atom stereocenters. The van der Waals surface area contributed by atoms with Gasteiger partial charge in [0.15, 0.2) is 0 Å². The number of rotatable bonds is 3. The van der Waals surface area contributed by atoms with Crippen LogP contribution in [0.2, 0.25) is 0 Å². The molecule has 6 nitrogen and oxygen atoms in total. The first-order chi connectivity index (χ1) is 8.11. The molecule has 0 bridgehead atoms. The number of nitrogens with one attached hydrogen (secondary N) is 1. The van der Waals surface area contributed by atoms with Crippen molar-refractivity contribution >= 4 is 0 Å². The number of aromatic nitrogens is 4. The quantitative estimate of drug-likeness (QED) is 0.811. The molecule has 0 fully saturated rings. The van der Waals surface area contributed by atoms with Crippen molar-refractivity contribution in [1.29, 1.82) is 0 Å². The minimum absolute atomic E-state index is 0.199. The molecule has 0 saturated carbocycles. The summed E-state index contributed by atoms with van der Waals surface area (Å²) in [5, 5.41) is 4.05. The van der Waals surface area contributed by atoms with Crippen LogP contribution in [0, 0.1) is 0 Å². The van der Waals surface area contributed by atoms with Crippen LogP contribution in [0.5, 0.6) is 0 Å². The monoisotopic (exact) mass is 233 g/mol. The van der Waals surface area contributed by atoms with E-state index in [9.17, 15) is 4.79 Å². The molecular formula is C11H15N5O. The highest BCUT2D eigenvalue weighted by Gasteiger charge is 2.11. The van der Waals surface area contributed by atoms with Gasteiger partial charge >= 0.3 is 0 Å². The standard InChI is InChI=1S/C11H15N5O/c1-3-7(12)11-14-8(6-10(17)15-11)9-4-5-13-16(9)2/h4-7H,3,12H2,1-2H3,(H,14,15,17). The Morgan fingerprint density at radius 2 is 2.35 bits per heavy atom. The zero-order valence-corrected chi connectivity index (χ0v) is 9.84. The Bertz CT molecular complexity index is 571. The van der Waals surface area contributed by atoms with Crippen LogP contribution in [-0.4, -0.2) is 19.7 Å². The van der Waals surface area contributed by atoms with Gasteiger partial charge in [-0.05, 0) is 12.5 Å². The minimum Gasteiger partial charge on any atom is -0.321 e. The molecular weight excluding hydrogens is 218 g/mol. The Hall–Kier alpha value is -1.95. The van der Waals surface area contributed by atoms with Crippen LogP contribution < -0.4 is 11.3 Å². The van der Waals surface area contributed by atoms with Crippen LogP contribution >= 0.6 is 0 Å². The number of hydrogen-bond donors (Lipinski definition) is 2. The molecule has 3 N–H and O–H groups in total. The Balaban J connectivity index is 2.53. The molecule has 0 aliphatic heterocycles. The normalized spacial score (nSPS) is 12.6. The average molecular weight is 233 g/mol. The summed E-state index contributed by atoms with van der Waals surface area (Å²) in [5.41, 5.74) is 7.05. The molecule has 0 amide bonds. The van der Waals surface area contributed by atoms with E-state index >= 15 is 0 Å². The van der Waals surface area contributed by atoms with Gasteiger partial charge < -0.3 is 10.7 Å². The number of hydrogen-bond acceptors (Lipinski definition) is 4. The maximum atomic E-state index is 11.6. The van der Waals surface area contributed by atoms with E-state index in [1.54, 1.807) is 17.9 Å². The zero-order chi connectivity index (χ0) is 12.4. The Kier molecular flexibility index (Phi) is 3.06. The first kappa shape index (κ1) is 11.5. The molecule has 0 aromatic carbocycles. The van der Waals surface area contributed by atoms with Gasteiger partial charge in [0.2, 0.25) is 0 Å². The molecule has 1 atom stereocenters. The predicted octanol–water partition coefficient (Wildman–Crippen LogP) is 0.580. The highest BCUT2D eigenvalue weighted by molar-refractivity contribution is 5.53. The molecule has 0 aliphatic carbocycles. The van der Waals surface area contributed by atoms with Crippen LogP contribution in [0.25, 0.3) is 11.4 Å². The first-order valence-corrected chi connectivity index (χ1v) is 5.47. The SMILES string of the molecule is CCC(N)c1nc(-c2ccnn2C)cc(=O)[nH]1. The van der Waals surface area contributed by atoms with E-state index in [2.05, 4.69) is 15.1 Å². The Labute approximate surface area is 98.5 Å². The lowest BCUT2D eigenvalue weighted by atomic mass is 10.2. The van der Waals surface area contributed by atoms with Crippen LogP contribution in [0.3, 0.4) is 0 Å². The summed E-state index contributed by atoms with van der Waals surface area (Å²) in [7, 11) is 1.80. The molecule has 0 radical (unpaired) electrons. The van der Waals surface area contributed by atoms with Gasteiger partial charge in [0.05, 0.1) is 17.4 Å². The lowest BCUT2D eigenvalue weighted by molar-refractivity contribution is 0.645. The summed E-state index contributed by atoms with van der Waals surface area (Å²) in [6.45, 7) is 1.95. The number of aromatic amines is 1. The lowest BCUT2D eigenvalue weighted by Crippen LogP contribution is -2.19. The van der Waals surface area contributed by atoms with E-state index in [1.165, 1.54) is 6.07 Å². The molecule has 2 aromatic heterocycles. The maximum absolute atomic E-state index is 11.6. The van der Waals surface area contributed by atoms with E-state index in [4.69, 9.17) is 5.73 Å². The highest BCUT2D eigenvalue weighted by Crippen LogP contribution is 2.15. The third-order valence-corrected chi connectivity index (χ3v) is 2.63. The third kappa shape index (κ3) is 2.26. The average Bonchev–Trinajstić information content (AvgIpc) is 2.73. The summed E-state index contributed by atoms with van der Waals surface area (Å²) >= 11 is 0. The minimum atomic E-state index is -0.254. The summed E-state index contributed by atoms with van der Waals surface area (Å²) in [4.78, 5) is 18.6. The van der Waals surface area contributed by atoms with Crippen molar-refractivity contribution < 1.29 is 0 Å². The highest BCUT2D eigenvalue weighted by atomic mass is 16.1. The van der Waals surface area contributed by atoms with E-state index in [1.807, 2.05) is 13.0 Å². The van der Waals surface area contributed by atoms with Crippen molar-refractivity contribution in [3.05, 3.63) is 34.5 Å². The molecule has 6 heteroatoms. The van der Waals surface area contributed by atoms with Gasteiger partial charge in [0.25, 0.3) is 5.56 Å². The molecule has 2 heterocycles. The predicted molar refractivity (Wildman–Crippen MR) is 64.3 cm³/mol. The maximum Gasteiger partial charge on any atom is 0.251 e. The second-order valence-electron chi connectivity index (χ2n) is 3.87. The van der Waals surface area contributed by atoms with Gasteiger partial charge in [-0.1, -0.05) is 6.92 Å². The van der Waals surface area contributed by atoms with Crippen molar-refractivity contribution in [1.82, 2.24) is 19.7 Å². The second-order valence-corrected chi connectivity index (χ2v) is 3.87. The molecule has 2 rings (SSSR count). The smallest absolute Gasteiger partial charge is 0.251 e. The molecule has 90 valence electrons. The number of aryl methyl sites for hydroxylation is 1. The fraction of sp³-hybridized carbons (Fsp3) is 0.364. The molecule has 0 saturated heterocycles. The van der Waals surface area contributed by atoms with Crippen LogP contribution in [0.4, 0.5) is 0 Å². The summed E-state index contributed by atoms with van der Waals surface area (Å²) in [6, 6.07) is 3.00. The second kappa shape index (κ2) is 4.50. The van der Waals surface area contributed by atoms with Gasteiger partial charge in [-0.3, -0.25) is 9.48 Å². The van der Waals surface area contributed by atoms with E-state index < -0.39 is 0 Å². The first-order valence-electron chi connectivity index (χ1n) is 5.47. The summed E-state index contributed by atoms with van der Waals surface area (Å²) in [5.74, 6) is 0.510. The van der Waals surface area contributed by atoms with E-state index in [0.717, 1.165) is 12.1 Å². The third-order valence-electron chi connectivity index (χ3n) is 2.63. The largest absolute Gasteiger partial charge is 0.321 e. The van der Waals surface area contributed by atoms with Crippen LogP contribution in [0.15, 0.2) is 23.1 Å². The van der Waals surface area contributed by atoms with Gasteiger partial charge in [0, 0.05) is 19.3 Å². The van der Waals surface area contributed by atoms with Crippen molar-refractivity contribution in [2.24, 2.45) is 12.8 Å². The fourth-order valence-electron chi connectivity index (χ4n) is 1.60. The molecule has 2 aromatic rings. The van der Waals surface area contributed by atoms with Gasteiger partial charge in [-0.15, -0.1) is 0 Å². The molecule has 0 spiro atoms. The summed E-state index contributed by atoms with van der Waals surface area (Å²) in [6.07, 6.45) is 2.38. The number of H-pyrrole nitrogens is 1. The fourth-order valence-corrected chi connectivity index (χ4v) is 1.60. The van der Waals surface area contributed by atoms with Crippen LogP contribution in [0.1, 0.15) is 25.2 Å². The van der Waals surface area contributed by atoms with E-state index in [0.29, 0.717) is 11.5 Å². The molecule has 0 aliphatic rings. The van der Waals surface area contributed by atoms with E-state index in [-0.39, 0.29) is 11.6 Å². The van der Waals surface area contributed by atoms with Crippen molar-refractivity contribution in [2.45, 2.75) is 19.4 Å². The van der Waals surface area contributed by atoms with Gasteiger partial charge in [-0.25, -0.2) is 4.98 Å². The van der Waals surface area contributed by atoms with Gasteiger partial charge in [-0.2, -0.15) is 5.10 Å². The Morgan fingerprint density at radius 1 is 1.59 bits per heavy atom. The number of nitrogens with zero attached hydrogens (tertiary/aromatic N) is 3. The van der Waals surface area contributed by atoms with Crippen molar-refractivity contribution in [3.63, 3.8) is 0 Å². The van der Waals surface area contributed by atoms with Crippen LogP contribution in [-0.2, 0) is 7.05 Å². The van der Waals surface area contributed by atoms with Gasteiger partial charge in [0.1, 0.15) is 5.82 Å². The molecule has 17 heavy (non-hydrogen) atoms.